The molecule has 5 atom stereocenters. The molecule has 2 saturated heterocycles. The molecule has 3 aliphatic rings. The summed E-state index contributed by atoms with van der Waals surface area (Å²) in [4.78, 5) is 10.6. The Hall–Kier alpha value is -0.290. The lowest BCUT2D eigenvalue weighted by Crippen LogP contribution is -2.32. The Kier molecular flexibility index (Phi) is 8.11. The predicted octanol–water partition coefficient (Wildman–Crippen LogP) is 5.03. The molecule has 3 fully saturated rings. The van der Waals surface area contributed by atoms with Crippen molar-refractivity contribution >= 4 is 28.5 Å². The number of hydrogen-bond acceptors (Lipinski definition) is 3. The Morgan fingerprint density at radius 3 is 2.46 bits per heavy atom. The molecule has 1 saturated carbocycles. The van der Waals surface area contributed by atoms with Crippen LogP contribution in [0.25, 0.3) is 0 Å². The molecular formula is C21H34O3S2. The number of hydrogen-bond donors (Lipinski definition) is 1. The second kappa shape index (κ2) is 10.3. The number of carbonyl (C=O) groups is 1. The maximum absolute atomic E-state index is 12.8. The van der Waals surface area contributed by atoms with Crippen LogP contribution in [0.5, 0.6) is 0 Å². The zero-order valence-corrected chi connectivity index (χ0v) is 17.4. The van der Waals surface area contributed by atoms with E-state index in [0.29, 0.717) is 17.8 Å². The Labute approximate surface area is 165 Å². The van der Waals surface area contributed by atoms with Gasteiger partial charge in [0.1, 0.15) is 0 Å². The summed E-state index contributed by atoms with van der Waals surface area (Å²) < 4.78 is 12.8. The van der Waals surface area contributed by atoms with Gasteiger partial charge in [0.05, 0.1) is 0 Å². The highest BCUT2D eigenvalue weighted by atomic mass is 32.2. The molecule has 2 bridgehead atoms. The molecule has 5 heteroatoms. The molecule has 1 unspecified atom stereocenters. The maximum Gasteiger partial charge on any atom is 0.303 e. The molecule has 0 aromatic carbocycles. The van der Waals surface area contributed by atoms with Crippen LogP contribution >= 0.6 is 11.8 Å². The van der Waals surface area contributed by atoms with Gasteiger partial charge in [-0.05, 0) is 62.7 Å². The van der Waals surface area contributed by atoms with Crippen LogP contribution in [0.3, 0.4) is 0 Å². The zero-order chi connectivity index (χ0) is 18.4. The van der Waals surface area contributed by atoms with Gasteiger partial charge < -0.3 is 5.11 Å². The third-order valence-electron chi connectivity index (χ3n) is 6.45. The summed E-state index contributed by atoms with van der Waals surface area (Å²) in [5, 5.41) is 10.2. The molecule has 2 heterocycles. The highest BCUT2D eigenvalue weighted by molar-refractivity contribution is 8.01. The molecule has 0 spiro atoms. The van der Waals surface area contributed by atoms with Crippen molar-refractivity contribution in [3.63, 3.8) is 0 Å². The highest BCUT2D eigenvalue weighted by Crippen LogP contribution is 2.54. The molecular weight excluding hydrogens is 364 g/mol. The topological polar surface area (TPSA) is 54.4 Å². The van der Waals surface area contributed by atoms with Crippen molar-refractivity contribution in [3.8, 4) is 0 Å². The molecule has 148 valence electrons. The van der Waals surface area contributed by atoms with Gasteiger partial charge in [0, 0.05) is 39.2 Å². The van der Waals surface area contributed by atoms with Crippen molar-refractivity contribution in [1.29, 1.82) is 0 Å². The lowest BCUT2D eigenvalue weighted by Gasteiger charge is -2.29. The molecule has 26 heavy (non-hydrogen) atoms. The quantitative estimate of drug-likeness (QED) is 0.414. The van der Waals surface area contributed by atoms with E-state index < -0.39 is 16.8 Å². The molecule has 1 N–H and O–H groups in total. The Morgan fingerprint density at radius 1 is 1.00 bits per heavy atom. The van der Waals surface area contributed by atoms with E-state index in [9.17, 15) is 9.00 Å². The maximum atomic E-state index is 12.8. The van der Waals surface area contributed by atoms with Gasteiger partial charge in [-0.25, -0.2) is 0 Å². The van der Waals surface area contributed by atoms with Crippen LogP contribution in [0.2, 0.25) is 0 Å². The summed E-state index contributed by atoms with van der Waals surface area (Å²) in [6.07, 6.45) is 16.6. The van der Waals surface area contributed by atoms with Crippen LogP contribution in [0, 0.1) is 17.8 Å². The molecule has 0 aromatic heterocycles. The Bertz CT molecular complexity index is 513. The number of fused-ring (bicyclic) bond motifs is 2. The average Bonchev–Trinajstić information content (AvgIpc) is 3.21. The summed E-state index contributed by atoms with van der Waals surface area (Å²) in [6.45, 7) is 0. The summed E-state index contributed by atoms with van der Waals surface area (Å²) in [5.41, 5.74) is 0. The van der Waals surface area contributed by atoms with Crippen molar-refractivity contribution in [3.05, 3.63) is 12.2 Å². The van der Waals surface area contributed by atoms with Gasteiger partial charge in [-0.2, -0.15) is 11.8 Å². The number of thioether (sulfide) groups is 1. The minimum atomic E-state index is -0.705. The number of carboxylic acids is 1. The van der Waals surface area contributed by atoms with Crippen molar-refractivity contribution < 1.29 is 14.1 Å². The third-order valence-corrected chi connectivity index (χ3v) is 9.92. The summed E-state index contributed by atoms with van der Waals surface area (Å²) in [6, 6.07) is 0. The molecule has 2 aliphatic heterocycles. The SMILES string of the molecule is O=C(O)CCC/C=C\C[C@@H]1[C@H](CS(=O)CC2CCCCC2)[C@@H]2CC[C@H]1S2. The van der Waals surface area contributed by atoms with E-state index in [1.54, 1.807) is 0 Å². The van der Waals surface area contributed by atoms with Crippen LogP contribution in [-0.2, 0) is 15.6 Å². The van der Waals surface area contributed by atoms with Gasteiger partial charge in [-0.3, -0.25) is 9.00 Å². The normalized spacial score (nSPS) is 33.1. The second-order valence-corrected chi connectivity index (χ2v) is 11.4. The Balaban J connectivity index is 1.44. The number of allylic oxidation sites excluding steroid dienone is 2. The van der Waals surface area contributed by atoms with E-state index in [1.165, 1.54) is 44.9 Å². The van der Waals surface area contributed by atoms with E-state index >= 15 is 0 Å². The van der Waals surface area contributed by atoms with E-state index in [1.807, 2.05) is 0 Å². The highest BCUT2D eigenvalue weighted by Gasteiger charge is 2.47. The largest absolute Gasteiger partial charge is 0.481 e. The van der Waals surface area contributed by atoms with Gasteiger partial charge >= 0.3 is 5.97 Å². The van der Waals surface area contributed by atoms with Gasteiger partial charge in [0.25, 0.3) is 0 Å². The monoisotopic (exact) mass is 398 g/mol. The predicted molar refractivity (Wildman–Crippen MR) is 111 cm³/mol. The standard InChI is InChI=1S/C21H34O3S2/c22-21(23)11-7-2-1-6-10-17-18(20-13-12-19(17)25-20)15-26(24)14-16-8-4-3-5-9-16/h1,6,16-20H,2-5,7-15H2,(H,22,23)/b6-1-/t17-,18+,19-,20+,26?/m1/s1. The van der Waals surface area contributed by atoms with E-state index in [0.717, 1.165) is 41.3 Å². The average molecular weight is 399 g/mol. The van der Waals surface area contributed by atoms with Gasteiger partial charge in [0.15, 0.2) is 0 Å². The lowest BCUT2D eigenvalue weighted by molar-refractivity contribution is -0.137. The van der Waals surface area contributed by atoms with Crippen molar-refractivity contribution in [2.75, 3.05) is 11.5 Å². The van der Waals surface area contributed by atoms with E-state index in [-0.39, 0.29) is 6.42 Å². The zero-order valence-electron chi connectivity index (χ0n) is 15.8. The van der Waals surface area contributed by atoms with Gasteiger partial charge in [0.2, 0.25) is 0 Å². The first-order valence-electron chi connectivity index (χ1n) is 10.5. The number of rotatable bonds is 10. The van der Waals surface area contributed by atoms with Crippen LogP contribution in [-0.4, -0.2) is 37.3 Å². The molecule has 0 radical (unpaired) electrons. The smallest absolute Gasteiger partial charge is 0.303 e. The fraction of sp³-hybridized carbons (Fsp3) is 0.857. The molecule has 0 amide bonds. The Morgan fingerprint density at radius 2 is 1.73 bits per heavy atom. The molecule has 0 aromatic rings. The van der Waals surface area contributed by atoms with E-state index in [2.05, 4.69) is 23.9 Å². The summed E-state index contributed by atoms with van der Waals surface area (Å²) >= 11 is 2.16. The van der Waals surface area contributed by atoms with Gasteiger partial charge in [-0.1, -0.05) is 31.4 Å². The first kappa shape index (κ1) is 20.4. The summed E-state index contributed by atoms with van der Waals surface area (Å²) in [7, 11) is -0.648. The number of aliphatic carboxylic acids is 1. The fourth-order valence-electron chi connectivity index (χ4n) is 5.07. The van der Waals surface area contributed by atoms with Crippen LogP contribution in [0.1, 0.15) is 70.6 Å². The fourth-order valence-corrected chi connectivity index (χ4v) is 9.10. The third kappa shape index (κ3) is 5.85. The minimum Gasteiger partial charge on any atom is -0.481 e. The van der Waals surface area contributed by atoms with E-state index in [4.69, 9.17) is 5.11 Å². The van der Waals surface area contributed by atoms with Crippen LogP contribution < -0.4 is 0 Å². The van der Waals surface area contributed by atoms with Crippen LogP contribution in [0.4, 0.5) is 0 Å². The second-order valence-electron chi connectivity index (χ2n) is 8.39. The summed E-state index contributed by atoms with van der Waals surface area (Å²) in [5.74, 6) is 3.18. The molecule has 3 rings (SSSR count). The lowest BCUT2D eigenvalue weighted by atomic mass is 9.78. The number of unbranched alkanes of at least 4 members (excludes halogenated alkanes) is 1. The van der Waals surface area contributed by atoms with Gasteiger partial charge in [-0.15, -0.1) is 0 Å². The molecule has 1 aliphatic carbocycles. The van der Waals surface area contributed by atoms with Crippen molar-refractivity contribution in [1.82, 2.24) is 0 Å². The first-order chi connectivity index (χ1) is 12.6. The van der Waals surface area contributed by atoms with Crippen LogP contribution in [0.15, 0.2) is 12.2 Å². The first-order valence-corrected chi connectivity index (χ1v) is 12.9. The van der Waals surface area contributed by atoms with Crippen molar-refractivity contribution in [2.45, 2.75) is 81.1 Å². The minimum absolute atomic E-state index is 0.261. The van der Waals surface area contributed by atoms with Crippen molar-refractivity contribution in [2.24, 2.45) is 17.8 Å². The molecule has 3 nitrogen and oxygen atoms in total. The number of carboxylic acid groups (broad SMARTS) is 1.